The van der Waals surface area contributed by atoms with Crippen molar-refractivity contribution in [3.8, 4) is 5.75 Å². The van der Waals surface area contributed by atoms with Gasteiger partial charge in [0, 0.05) is 35.7 Å². The first-order valence-electron chi connectivity index (χ1n) is 7.50. The molecule has 0 unspecified atom stereocenters. The predicted molar refractivity (Wildman–Crippen MR) is 95.7 cm³/mol. The minimum atomic E-state index is -3.71. The van der Waals surface area contributed by atoms with Crippen molar-refractivity contribution >= 4 is 38.1 Å². The minimum Gasteiger partial charge on any atom is -0.495 e. The highest BCUT2D eigenvalue weighted by Crippen LogP contribution is 2.29. The molecule has 2 aromatic rings. The number of nitrogens with zero attached hydrogens (tertiary/aromatic N) is 2. The smallest absolute Gasteiger partial charge is 0.244 e. The standard InChI is InChI=1S/C15H18ClN3O3S2/c1-22-13-5-4-11(16)9-14(13)24(20,21)18-10-12-3-2-7-19(12)15-17-6-8-23-15/h4-6,8-9,12,18H,2-3,7,10H2,1H3/t12-/m0/s1. The number of halogens is 1. The van der Waals surface area contributed by atoms with Gasteiger partial charge in [-0.2, -0.15) is 0 Å². The maximum absolute atomic E-state index is 12.6. The topological polar surface area (TPSA) is 71.5 Å². The zero-order valence-corrected chi connectivity index (χ0v) is 15.5. The van der Waals surface area contributed by atoms with E-state index in [4.69, 9.17) is 16.3 Å². The summed E-state index contributed by atoms with van der Waals surface area (Å²) in [5.41, 5.74) is 0. The number of thiazole rings is 1. The number of nitrogens with one attached hydrogen (secondary N) is 1. The Kier molecular flexibility index (Phi) is 5.29. The molecule has 0 bridgehead atoms. The molecule has 0 aliphatic carbocycles. The largest absolute Gasteiger partial charge is 0.495 e. The highest BCUT2D eigenvalue weighted by Gasteiger charge is 2.28. The molecule has 1 aromatic carbocycles. The van der Waals surface area contributed by atoms with E-state index in [1.807, 2.05) is 5.38 Å². The number of hydrogen-bond donors (Lipinski definition) is 1. The fraction of sp³-hybridized carbons (Fsp3) is 0.400. The van der Waals surface area contributed by atoms with Crippen LogP contribution in [0.25, 0.3) is 0 Å². The molecule has 2 heterocycles. The maximum atomic E-state index is 12.6. The highest BCUT2D eigenvalue weighted by molar-refractivity contribution is 7.89. The number of aromatic nitrogens is 1. The van der Waals surface area contributed by atoms with Crippen molar-refractivity contribution in [3.05, 3.63) is 34.8 Å². The molecule has 1 aliphatic rings. The van der Waals surface area contributed by atoms with Crippen molar-refractivity contribution in [3.63, 3.8) is 0 Å². The van der Waals surface area contributed by atoms with Crippen LogP contribution in [0.5, 0.6) is 5.75 Å². The van der Waals surface area contributed by atoms with Gasteiger partial charge in [0.2, 0.25) is 10.0 Å². The summed E-state index contributed by atoms with van der Waals surface area (Å²) < 4.78 is 33.1. The quantitative estimate of drug-likeness (QED) is 0.825. The Labute approximate surface area is 150 Å². The molecular weight excluding hydrogens is 370 g/mol. The molecule has 6 nitrogen and oxygen atoms in total. The molecule has 1 aromatic heterocycles. The van der Waals surface area contributed by atoms with Crippen LogP contribution in [0.3, 0.4) is 0 Å². The molecule has 1 saturated heterocycles. The van der Waals surface area contributed by atoms with Crippen molar-refractivity contribution in [2.45, 2.75) is 23.8 Å². The van der Waals surface area contributed by atoms with E-state index in [1.54, 1.807) is 29.7 Å². The molecule has 1 fully saturated rings. The first-order chi connectivity index (χ1) is 11.5. The van der Waals surface area contributed by atoms with E-state index in [9.17, 15) is 8.42 Å². The monoisotopic (exact) mass is 387 g/mol. The normalized spacial score (nSPS) is 18.1. The lowest BCUT2D eigenvalue weighted by atomic mass is 10.2. The fourth-order valence-electron chi connectivity index (χ4n) is 2.80. The van der Waals surface area contributed by atoms with Gasteiger partial charge in [0.05, 0.1) is 7.11 Å². The molecule has 24 heavy (non-hydrogen) atoms. The summed E-state index contributed by atoms with van der Waals surface area (Å²) in [7, 11) is -2.27. The maximum Gasteiger partial charge on any atom is 0.244 e. The van der Waals surface area contributed by atoms with Gasteiger partial charge in [-0.05, 0) is 31.0 Å². The van der Waals surface area contributed by atoms with Gasteiger partial charge in [-0.3, -0.25) is 0 Å². The van der Waals surface area contributed by atoms with E-state index in [-0.39, 0.29) is 16.7 Å². The Morgan fingerprint density at radius 2 is 2.33 bits per heavy atom. The molecule has 0 saturated carbocycles. The Balaban J connectivity index is 1.75. The van der Waals surface area contributed by atoms with Crippen molar-refractivity contribution in [1.82, 2.24) is 9.71 Å². The van der Waals surface area contributed by atoms with E-state index < -0.39 is 10.0 Å². The first-order valence-corrected chi connectivity index (χ1v) is 10.2. The van der Waals surface area contributed by atoms with Crippen LogP contribution in [0.2, 0.25) is 5.02 Å². The van der Waals surface area contributed by atoms with Crippen LogP contribution in [-0.2, 0) is 10.0 Å². The predicted octanol–water partition coefficient (Wildman–Crippen LogP) is 2.75. The zero-order valence-electron chi connectivity index (χ0n) is 13.1. The molecular formula is C15H18ClN3O3S2. The van der Waals surface area contributed by atoms with Gasteiger partial charge in [-0.1, -0.05) is 11.6 Å². The lowest BCUT2D eigenvalue weighted by Crippen LogP contribution is -2.40. The van der Waals surface area contributed by atoms with Crippen LogP contribution in [0, 0.1) is 0 Å². The van der Waals surface area contributed by atoms with Gasteiger partial charge in [0.15, 0.2) is 5.13 Å². The molecule has 1 N–H and O–H groups in total. The molecule has 0 spiro atoms. The summed E-state index contributed by atoms with van der Waals surface area (Å²) in [4.78, 5) is 6.53. The van der Waals surface area contributed by atoms with E-state index in [0.29, 0.717) is 11.6 Å². The van der Waals surface area contributed by atoms with Crippen molar-refractivity contribution in [2.24, 2.45) is 0 Å². The third-order valence-corrected chi connectivity index (χ3v) is 6.45. The number of rotatable bonds is 6. The number of sulfonamides is 1. The zero-order chi connectivity index (χ0) is 17.2. The molecule has 3 rings (SSSR count). The van der Waals surface area contributed by atoms with Gasteiger partial charge in [-0.15, -0.1) is 11.3 Å². The van der Waals surface area contributed by atoms with Crippen LogP contribution in [-0.4, -0.2) is 39.6 Å². The first kappa shape index (κ1) is 17.5. The van der Waals surface area contributed by atoms with Crippen molar-refractivity contribution in [2.75, 3.05) is 25.1 Å². The molecule has 0 radical (unpaired) electrons. The number of benzene rings is 1. The van der Waals surface area contributed by atoms with Gasteiger partial charge in [0.25, 0.3) is 0 Å². The Morgan fingerprint density at radius 1 is 1.50 bits per heavy atom. The summed E-state index contributed by atoms with van der Waals surface area (Å²) in [5.74, 6) is 0.273. The van der Waals surface area contributed by atoms with E-state index in [0.717, 1.165) is 24.5 Å². The highest BCUT2D eigenvalue weighted by atomic mass is 35.5. The lowest BCUT2D eigenvalue weighted by Gasteiger charge is -2.24. The minimum absolute atomic E-state index is 0.0521. The van der Waals surface area contributed by atoms with Gasteiger partial charge < -0.3 is 9.64 Å². The van der Waals surface area contributed by atoms with Crippen molar-refractivity contribution in [1.29, 1.82) is 0 Å². The van der Waals surface area contributed by atoms with E-state index in [2.05, 4.69) is 14.6 Å². The second-order valence-corrected chi connectivity index (χ2v) is 8.50. The fourth-order valence-corrected chi connectivity index (χ4v) is 5.05. The van der Waals surface area contributed by atoms with Crippen molar-refractivity contribution < 1.29 is 13.2 Å². The molecule has 9 heteroatoms. The van der Waals surface area contributed by atoms with Crippen LogP contribution >= 0.6 is 22.9 Å². The summed E-state index contributed by atoms with van der Waals surface area (Å²) in [5, 5.41) is 3.20. The number of hydrogen-bond acceptors (Lipinski definition) is 6. The van der Waals surface area contributed by atoms with Gasteiger partial charge >= 0.3 is 0 Å². The second kappa shape index (κ2) is 7.26. The second-order valence-electron chi connectivity index (χ2n) is 5.45. The third-order valence-electron chi connectivity index (χ3n) is 3.97. The lowest BCUT2D eigenvalue weighted by molar-refractivity contribution is 0.402. The van der Waals surface area contributed by atoms with Crippen LogP contribution in [0.1, 0.15) is 12.8 Å². The summed E-state index contributed by atoms with van der Waals surface area (Å²) in [6.45, 7) is 1.21. The van der Waals surface area contributed by atoms with E-state index >= 15 is 0 Å². The van der Waals surface area contributed by atoms with Crippen LogP contribution in [0.4, 0.5) is 5.13 Å². The van der Waals surface area contributed by atoms with Gasteiger partial charge in [0.1, 0.15) is 10.6 Å². The molecule has 130 valence electrons. The number of ether oxygens (including phenoxy) is 1. The van der Waals surface area contributed by atoms with Gasteiger partial charge in [-0.25, -0.2) is 18.1 Å². The van der Waals surface area contributed by atoms with Crippen LogP contribution < -0.4 is 14.4 Å². The summed E-state index contributed by atoms with van der Waals surface area (Å²) >= 11 is 7.50. The molecule has 1 aliphatic heterocycles. The average molecular weight is 388 g/mol. The number of anilines is 1. The SMILES string of the molecule is COc1ccc(Cl)cc1S(=O)(=O)NC[C@@H]1CCCN1c1nccs1. The summed E-state index contributed by atoms with van der Waals surface area (Å²) in [6.07, 6.45) is 3.71. The molecule has 0 amide bonds. The Morgan fingerprint density at radius 3 is 3.04 bits per heavy atom. The third kappa shape index (κ3) is 3.66. The molecule has 1 atom stereocenters. The Bertz CT molecular complexity index is 796. The number of methoxy groups -OCH3 is 1. The average Bonchev–Trinajstić information content (AvgIpc) is 3.24. The summed E-state index contributed by atoms with van der Waals surface area (Å²) in [6, 6.07) is 4.64. The Hall–Kier alpha value is -1.35. The van der Waals surface area contributed by atoms with Crippen LogP contribution in [0.15, 0.2) is 34.7 Å². The van der Waals surface area contributed by atoms with E-state index in [1.165, 1.54) is 13.2 Å².